The lowest BCUT2D eigenvalue weighted by Crippen LogP contribution is -2.40. The zero-order chi connectivity index (χ0) is 21.8. The number of aromatic nitrogens is 2. The molecule has 1 aromatic heterocycles. The van der Waals surface area contributed by atoms with E-state index in [9.17, 15) is 14.0 Å². The molecule has 1 saturated heterocycles. The summed E-state index contributed by atoms with van der Waals surface area (Å²) in [6, 6.07) is 11.8. The highest BCUT2D eigenvalue weighted by atomic mass is 19.1. The van der Waals surface area contributed by atoms with E-state index >= 15 is 0 Å². The number of piperidine rings is 1. The molecule has 1 atom stereocenters. The molecule has 3 aromatic rings. The van der Waals surface area contributed by atoms with Crippen LogP contribution in [0.3, 0.4) is 0 Å². The fourth-order valence-electron chi connectivity index (χ4n) is 4.42. The van der Waals surface area contributed by atoms with E-state index in [1.54, 1.807) is 31.5 Å². The zero-order valence-electron chi connectivity index (χ0n) is 17.5. The second kappa shape index (κ2) is 9.29. The number of nitrogens with one attached hydrogen (secondary N) is 1. The largest absolute Gasteiger partial charge is 0.466 e. The normalized spacial score (nSPS) is 15.7. The molecule has 7 heteroatoms. The van der Waals surface area contributed by atoms with Crippen molar-refractivity contribution in [3.63, 3.8) is 0 Å². The van der Waals surface area contributed by atoms with Gasteiger partial charge in [0.2, 0.25) is 0 Å². The van der Waals surface area contributed by atoms with Crippen molar-refractivity contribution in [2.45, 2.75) is 32.1 Å². The summed E-state index contributed by atoms with van der Waals surface area (Å²) >= 11 is 0. The molecular formula is C24H26FN3O3. The predicted octanol–water partition coefficient (Wildman–Crippen LogP) is 4.29. The number of halogens is 1. The Balaban J connectivity index is 1.45. The maximum Gasteiger partial charge on any atom is 0.306 e. The van der Waals surface area contributed by atoms with Gasteiger partial charge in [0.05, 0.1) is 30.4 Å². The minimum Gasteiger partial charge on any atom is -0.466 e. The SMILES string of the molecule is CCOC(=O)C[C@H](c1ccc(F)cc1)C1CCN(C(=O)c2ccc3nc[nH]c3c2)CC1. The van der Waals surface area contributed by atoms with Gasteiger partial charge in [-0.25, -0.2) is 9.37 Å². The number of nitrogens with zero attached hydrogens (tertiary/aromatic N) is 2. The number of aromatic amines is 1. The highest BCUT2D eigenvalue weighted by Gasteiger charge is 2.31. The van der Waals surface area contributed by atoms with Crippen LogP contribution in [0.5, 0.6) is 0 Å². The van der Waals surface area contributed by atoms with Crippen LogP contribution in [-0.2, 0) is 9.53 Å². The highest BCUT2D eigenvalue weighted by Crippen LogP contribution is 2.36. The van der Waals surface area contributed by atoms with E-state index in [0.29, 0.717) is 25.3 Å². The fourth-order valence-corrected chi connectivity index (χ4v) is 4.42. The summed E-state index contributed by atoms with van der Waals surface area (Å²) in [5.74, 6) is -0.387. The smallest absolute Gasteiger partial charge is 0.306 e. The van der Waals surface area contributed by atoms with Gasteiger partial charge >= 0.3 is 5.97 Å². The van der Waals surface area contributed by atoms with E-state index in [0.717, 1.165) is 29.4 Å². The number of imidazole rings is 1. The first-order valence-corrected chi connectivity index (χ1v) is 10.7. The molecule has 1 N–H and O–H groups in total. The molecule has 1 fully saturated rings. The van der Waals surface area contributed by atoms with Crippen LogP contribution >= 0.6 is 0 Å². The van der Waals surface area contributed by atoms with E-state index in [4.69, 9.17) is 4.74 Å². The number of carbonyl (C=O) groups is 2. The van der Waals surface area contributed by atoms with Crippen molar-refractivity contribution in [1.82, 2.24) is 14.9 Å². The van der Waals surface area contributed by atoms with Gasteiger partial charge in [0.25, 0.3) is 5.91 Å². The molecule has 2 heterocycles. The minimum atomic E-state index is -0.298. The van der Waals surface area contributed by atoms with Crippen LogP contribution in [0.4, 0.5) is 4.39 Å². The first-order valence-electron chi connectivity index (χ1n) is 10.7. The Labute approximate surface area is 180 Å². The van der Waals surface area contributed by atoms with Crippen LogP contribution in [0.1, 0.15) is 48.0 Å². The molecule has 162 valence electrons. The number of amides is 1. The third-order valence-corrected chi connectivity index (χ3v) is 6.05. The molecule has 0 unspecified atom stereocenters. The number of fused-ring (bicyclic) bond motifs is 1. The van der Waals surface area contributed by atoms with Gasteiger partial charge in [-0.3, -0.25) is 9.59 Å². The Bertz CT molecular complexity index is 1060. The van der Waals surface area contributed by atoms with Crippen LogP contribution in [0.2, 0.25) is 0 Å². The maximum atomic E-state index is 13.4. The average molecular weight is 423 g/mol. The van der Waals surface area contributed by atoms with Crippen LogP contribution in [-0.4, -0.2) is 46.4 Å². The number of likely N-dealkylation sites (tertiary alicyclic amines) is 1. The lowest BCUT2D eigenvalue weighted by Gasteiger charge is -2.36. The lowest BCUT2D eigenvalue weighted by molar-refractivity contribution is -0.144. The first kappa shape index (κ1) is 21.0. The summed E-state index contributed by atoms with van der Waals surface area (Å²) in [5, 5.41) is 0. The maximum absolute atomic E-state index is 13.4. The second-order valence-corrected chi connectivity index (χ2v) is 7.93. The number of H-pyrrole nitrogens is 1. The van der Waals surface area contributed by atoms with Gasteiger partial charge in [0.1, 0.15) is 5.82 Å². The lowest BCUT2D eigenvalue weighted by atomic mass is 9.78. The third-order valence-electron chi connectivity index (χ3n) is 6.05. The number of carbonyl (C=O) groups excluding carboxylic acids is 2. The number of hydrogen-bond acceptors (Lipinski definition) is 4. The fraction of sp³-hybridized carbons (Fsp3) is 0.375. The van der Waals surface area contributed by atoms with E-state index in [1.807, 2.05) is 17.0 Å². The van der Waals surface area contributed by atoms with Gasteiger partial charge in [-0.2, -0.15) is 0 Å². The summed E-state index contributed by atoms with van der Waals surface area (Å²) in [5.41, 5.74) is 3.24. The van der Waals surface area contributed by atoms with E-state index in [-0.39, 0.29) is 36.0 Å². The Hall–Kier alpha value is -3.22. The van der Waals surface area contributed by atoms with Gasteiger partial charge in [0, 0.05) is 18.7 Å². The van der Waals surface area contributed by atoms with Gasteiger partial charge < -0.3 is 14.6 Å². The van der Waals surface area contributed by atoms with Crippen molar-refractivity contribution < 1.29 is 18.7 Å². The minimum absolute atomic E-state index is 0.00123. The van der Waals surface area contributed by atoms with Crippen molar-refractivity contribution in [1.29, 1.82) is 0 Å². The summed E-state index contributed by atoms with van der Waals surface area (Å²) < 4.78 is 18.6. The second-order valence-electron chi connectivity index (χ2n) is 7.93. The van der Waals surface area contributed by atoms with Crippen LogP contribution in [0, 0.1) is 11.7 Å². The summed E-state index contributed by atoms with van der Waals surface area (Å²) in [4.78, 5) is 34.3. The van der Waals surface area contributed by atoms with Crippen molar-refractivity contribution in [2.24, 2.45) is 5.92 Å². The Morgan fingerprint density at radius 1 is 1.19 bits per heavy atom. The van der Waals surface area contributed by atoms with Crippen LogP contribution < -0.4 is 0 Å². The van der Waals surface area contributed by atoms with Gasteiger partial charge in [-0.05, 0) is 67.5 Å². The van der Waals surface area contributed by atoms with E-state index in [2.05, 4.69) is 9.97 Å². The monoisotopic (exact) mass is 423 g/mol. The molecule has 2 aromatic carbocycles. The Kier molecular flexibility index (Phi) is 6.30. The van der Waals surface area contributed by atoms with Crippen LogP contribution in [0.15, 0.2) is 48.8 Å². The molecule has 0 spiro atoms. The average Bonchev–Trinajstić information content (AvgIpc) is 3.26. The molecule has 0 aliphatic carbocycles. The Morgan fingerprint density at radius 2 is 1.94 bits per heavy atom. The molecule has 0 saturated carbocycles. The standard InChI is InChI=1S/C24H26FN3O3/c1-2-31-23(29)14-20(16-3-6-19(25)7-4-16)17-9-11-28(12-10-17)24(30)18-5-8-21-22(13-18)27-15-26-21/h3-8,13,15,17,20H,2,9-12,14H2,1H3,(H,26,27)/t20-/m1/s1. The van der Waals surface area contributed by atoms with E-state index in [1.165, 1.54) is 12.1 Å². The molecular weight excluding hydrogens is 397 g/mol. The number of hydrogen-bond donors (Lipinski definition) is 1. The number of ether oxygens (including phenoxy) is 1. The predicted molar refractivity (Wildman–Crippen MR) is 115 cm³/mol. The molecule has 6 nitrogen and oxygen atoms in total. The molecule has 1 aliphatic rings. The van der Waals surface area contributed by atoms with Crippen molar-refractivity contribution in [3.8, 4) is 0 Å². The molecule has 1 aliphatic heterocycles. The topological polar surface area (TPSA) is 75.3 Å². The highest BCUT2D eigenvalue weighted by molar-refractivity contribution is 5.97. The first-order chi connectivity index (χ1) is 15.0. The summed E-state index contributed by atoms with van der Waals surface area (Å²) in [6.45, 7) is 3.36. The number of benzene rings is 2. The number of rotatable bonds is 6. The molecule has 31 heavy (non-hydrogen) atoms. The quantitative estimate of drug-likeness (QED) is 0.600. The van der Waals surface area contributed by atoms with Crippen molar-refractivity contribution >= 4 is 22.9 Å². The third kappa shape index (κ3) is 4.76. The van der Waals surface area contributed by atoms with Gasteiger partial charge in [0.15, 0.2) is 0 Å². The summed E-state index contributed by atoms with van der Waals surface area (Å²) in [7, 11) is 0. The molecule has 0 bridgehead atoms. The molecule has 0 radical (unpaired) electrons. The number of esters is 1. The summed E-state index contributed by atoms with van der Waals surface area (Å²) in [6.07, 6.45) is 3.43. The van der Waals surface area contributed by atoms with Crippen molar-refractivity contribution in [3.05, 3.63) is 65.7 Å². The molecule has 4 rings (SSSR count). The van der Waals surface area contributed by atoms with E-state index < -0.39 is 0 Å². The Morgan fingerprint density at radius 3 is 2.65 bits per heavy atom. The van der Waals surface area contributed by atoms with Gasteiger partial charge in [-0.1, -0.05) is 12.1 Å². The zero-order valence-corrected chi connectivity index (χ0v) is 17.5. The van der Waals surface area contributed by atoms with Crippen LogP contribution in [0.25, 0.3) is 11.0 Å². The van der Waals surface area contributed by atoms with Gasteiger partial charge in [-0.15, -0.1) is 0 Å². The molecule has 1 amide bonds. The van der Waals surface area contributed by atoms with Crippen molar-refractivity contribution in [2.75, 3.05) is 19.7 Å².